The zero-order valence-corrected chi connectivity index (χ0v) is 20.4. The highest BCUT2D eigenvalue weighted by Crippen LogP contribution is 2.23. The lowest BCUT2D eigenvalue weighted by Crippen LogP contribution is -2.31. The summed E-state index contributed by atoms with van der Waals surface area (Å²) >= 11 is 5.39. The van der Waals surface area contributed by atoms with Crippen LogP contribution in [0.2, 0.25) is 0 Å². The van der Waals surface area contributed by atoms with Crippen molar-refractivity contribution < 1.29 is 14.7 Å². The first kappa shape index (κ1) is 27.8. The quantitative estimate of drug-likeness (QED) is 0.154. The van der Waals surface area contributed by atoms with Gasteiger partial charge in [0.25, 0.3) is 5.24 Å². The first-order valence-electron chi connectivity index (χ1n) is 11.8. The van der Waals surface area contributed by atoms with Gasteiger partial charge in [0.05, 0.1) is 5.56 Å². The largest absolute Gasteiger partial charge is 0.507 e. The molecule has 0 bridgehead atoms. The third-order valence-corrected chi connectivity index (χ3v) is 5.44. The molecule has 1 aromatic carbocycles. The Balaban J connectivity index is 2.07. The molecule has 1 amide bonds. The van der Waals surface area contributed by atoms with Crippen molar-refractivity contribution in [3.8, 4) is 5.75 Å². The normalized spacial score (nSPS) is 11.3. The van der Waals surface area contributed by atoms with Gasteiger partial charge in [0.2, 0.25) is 5.91 Å². The second-order valence-electron chi connectivity index (χ2n) is 7.98. The van der Waals surface area contributed by atoms with Gasteiger partial charge in [-0.3, -0.25) is 9.59 Å². The highest BCUT2D eigenvalue weighted by molar-refractivity contribution is 6.68. The minimum absolute atomic E-state index is 0.0791. The zero-order valence-electron chi connectivity index (χ0n) is 19.6. The Hall–Kier alpha value is -2.27. The number of hydrogen-bond acceptors (Lipinski definition) is 4. The summed E-state index contributed by atoms with van der Waals surface area (Å²) in [6.45, 7) is 3.28. The number of nitrogens with one attached hydrogen (secondary N) is 1. The Morgan fingerprint density at radius 1 is 1.00 bits per heavy atom. The monoisotopic (exact) mass is 462 g/mol. The molecule has 0 radical (unpaired) electrons. The van der Waals surface area contributed by atoms with Crippen molar-refractivity contribution in [2.24, 2.45) is 0 Å². The number of likely N-dealkylation sites (N-methyl/N-ethyl adjacent to an activating group) is 1. The van der Waals surface area contributed by atoms with Crippen molar-refractivity contribution in [3.05, 3.63) is 48.1 Å². The third-order valence-electron chi connectivity index (χ3n) is 5.23. The number of phenols is 1. The number of carbonyl (C=O) groups excluding carboxylic acids is 2. The van der Waals surface area contributed by atoms with E-state index >= 15 is 0 Å². The summed E-state index contributed by atoms with van der Waals surface area (Å²) in [7, 11) is 1.80. The summed E-state index contributed by atoms with van der Waals surface area (Å²) in [5.41, 5.74) is 0.752. The number of anilines is 1. The SMILES string of the molecule is CC/C=C\CCCC/C=C\CCCCCC(=O)N(C)CCNc1ccc(C(=O)Cl)c(O)c1. The van der Waals surface area contributed by atoms with Gasteiger partial charge >= 0.3 is 0 Å². The van der Waals surface area contributed by atoms with Gasteiger partial charge in [-0.25, -0.2) is 0 Å². The van der Waals surface area contributed by atoms with Crippen LogP contribution in [-0.4, -0.2) is 41.3 Å². The molecule has 2 N–H and O–H groups in total. The third kappa shape index (κ3) is 12.6. The van der Waals surface area contributed by atoms with E-state index in [1.165, 1.54) is 31.4 Å². The van der Waals surface area contributed by atoms with Crippen LogP contribution in [0.3, 0.4) is 0 Å². The first-order chi connectivity index (χ1) is 15.5. The number of allylic oxidation sites excluding steroid dienone is 4. The molecule has 32 heavy (non-hydrogen) atoms. The van der Waals surface area contributed by atoms with E-state index in [4.69, 9.17) is 11.6 Å². The van der Waals surface area contributed by atoms with Crippen molar-refractivity contribution >= 4 is 28.4 Å². The van der Waals surface area contributed by atoms with Gasteiger partial charge in [0.1, 0.15) is 5.75 Å². The van der Waals surface area contributed by atoms with Gasteiger partial charge < -0.3 is 15.3 Å². The number of phenolic OH excluding ortho intramolecular Hbond substituents is 1. The van der Waals surface area contributed by atoms with Crippen molar-refractivity contribution in [1.29, 1.82) is 0 Å². The van der Waals surface area contributed by atoms with Crippen molar-refractivity contribution in [1.82, 2.24) is 4.90 Å². The highest BCUT2D eigenvalue weighted by atomic mass is 35.5. The molecular formula is C26H39ClN2O3. The average molecular weight is 463 g/mol. The summed E-state index contributed by atoms with van der Waals surface area (Å²) in [5.74, 6) is -0.0143. The van der Waals surface area contributed by atoms with Gasteiger partial charge in [-0.1, -0.05) is 37.6 Å². The molecular weight excluding hydrogens is 424 g/mol. The molecule has 0 aliphatic carbocycles. The Morgan fingerprint density at radius 2 is 1.62 bits per heavy atom. The summed E-state index contributed by atoms with van der Waals surface area (Å²) in [6.07, 6.45) is 19.8. The molecule has 0 saturated heterocycles. The summed E-state index contributed by atoms with van der Waals surface area (Å²) in [4.78, 5) is 25.1. The predicted molar refractivity (Wildman–Crippen MR) is 135 cm³/mol. The Morgan fingerprint density at radius 3 is 2.22 bits per heavy atom. The molecule has 0 saturated carbocycles. The molecule has 6 heteroatoms. The van der Waals surface area contributed by atoms with Crippen LogP contribution >= 0.6 is 11.6 Å². The zero-order chi connectivity index (χ0) is 23.6. The lowest BCUT2D eigenvalue weighted by atomic mass is 10.1. The van der Waals surface area contributed by atoms with Crippen molar-refractivity contribution in [3.63, 3.8) is 0 Å². The molecule has 0 aliphatic rings. The Labute approximate surface area is 198 Å². The van der Waals surface area contributed by atoms with Gasteiger partial charge in [0, 0.05) is 38.3 Å². The average Bonchev–Trinajstić information content (AvgIpc) is 2.76. The van der Waals surface area contributed by atoms with Gasteiger partial charge in [-0.05, 0) is 75.1 Å². The molecule has 0 unspecified atom stereocenters. The lowest BCUT2D eigenvalue weighted by Gasteiger charge is -2.18. The van der Waals surface area contributed by atoms with Crippen LogP contribution in [0.1, 0.15) is 81.5 Å². The van der Waals surface area contributed by atoms with E-state index in [2.05, 4.69) is 36.5 Å². The van der Waals surface area contributed by atoms with Crippen LogP contribution in [0.4, 0.5) is 5.69 Å². The van der Waals surface area contributed by atoms with E-state index < -0.39 is 5.24 Å². The van der Waals surface area contributed by atoms with E-state index in [1.807, 2.05) is 0 Å². The van der Waals surface area contributed by atoms with Gasteiger partial charge in [0.15, 0.2) is 0 Å². The van der Waals surface area contributed by atoms with E-state index in [9.17, 15) is 14.7 Å². The van der Waals surface area contributed by atoms with Crippen LogP contribution in [0, 0.1) is 0 Å². The molecule has 0 aromatic heterocycles. The molecule has 1 rings (SSSR count). The van der Waals surface area contributed by atoms with Crippen LogP contribution in [0.5, 0.6) is 5.75 Å². The number of aromatic hydroxyl groups is 1. The topological polar surface area (TPSA) is 69.6 Å². The molecule has 0 atom stereocenters. The van der Waals surface area contributed by atoms with Crippen LogP contribution < -0.4 is 5.32 Å². The van der Waals surface area contributed by atoms with Crippen LogP contribution in [-0.2, 0) is 4.79 Å². The number of rotatable bonds is 17. The summed E-state index contributed by atoms with van der Waals surface area (Å²) in [6, 6.07) is 4.61. The number of benzene rings is 1. The fraction of sp³-hybridized carbons (Fsp3) is 0.538. The number of amides is 1. The van der Waals surface area contributed by atoms with E-state index in [0.29, 0.717) is 25.2 Å². The summed E-state index contributed by atoms with van der Waals surface area (Å²) < 4.78 is 0. The molecule has 0 fully saturated rings. The second kappa shape index (κ2) is 17.3. The fourth-order valence-corrected chi connectivity index (χ4v) is 3.41. The maximum Gasteiger partial charge on any atom is 0.256 e. The van der Waals surface area contributed by atoms with Crippen LogP contribution in [0.15, 0.2) is 42.5 Å². The number of carbonyl (C=O) groups is 2. The summed E-state index contributed by atoms with van der Waals surface area (Å²) in [5, 5.41) is 12.2. The Bertz CT molecular complexity index is 747. The number of unbranched alkanes of at least 4 members (excludes halogenated alkanes) is 6. The second-order valence-corrected chi connectivity index (χ2v) is 8.33. The lowest BCUT2D eigenvalue weighted by molar-refractivity contribution is -0.129. The van der Waals surface area contributed by atoms with E-state index in [0.717, 1.165) is 38.5 Å². The molecule has 0 aliphatic heterocycles. The maximum atomic E-state index is 12.2. The smallest absolute Gasteiger partial charge is 0.256 e. The molecule has 5 nitrogen and oxygen atoms in total. The standard InChI is InChI=1S/C26H39ClN2O3/c1-3-4-5-6-7-8-9-10-11-12-13-14-15-16-25(31)29(2)20-19-28-22-17-18-23(26(27)32)24(30)21-22/h4-5,10-11,17-18,21,28,30H,3,6-9,12-16,19-20H2,1-2H3/b5-4-,11-10-. The number of hydrogen-bond donors (Lipinski definition) is 2. The molecule has 178 valence electrons. The molecule has 1 aromatic rings. The van der Waals surface area contributed by atoms with Crippen molar-refractivity contribution in [2.75, 3.05) is 25.5 Å². The number of halogens is 1. The van der Waals surface area contributed by atoms with E-state index in [-0.39, 0.29) is 17.2 Å². The molecule has 0 spiro atoms. The van der Waals surface area contributed by atoms with E-state index in [1.54, 1.807) is 18.0 Å². The maximum absolute atomic E-state index is 12.2. The fourth-order valence-electron chi connectivity index (χ4n) is 3.25. The predicted octanol–water partition coefficient (Wildman–Crippen LogP) is 6.67. The van der Waals surface area contributed by atoms with Crippen molar-refractivity contribution in [2.45, 2.75) is 71.1 Å². The van der Waals surface area contributed by atoms with Crippen LogP contribution in [0.25, 0.3) is 0 Å². The minimum Gasteiger partial charge on any atom is -0.507 e. The van der Waals surface area contributed by atoms with Gasteiger partial charge in [-0.15, -0.1) is 0 Å². The first-order valence-corrected chi connectivity index (χ1v) is 12.1. The molecule has 0 heterocycles. The highest BCUT2D eigenvalue weighted by Gasteiger charge is 2.10. The number of nitrogens with zero attached hydrogens (tertiary/aromatic N) is 1. The van der Waals surface area contributed by atoms with Gasteiger partial charge in [-0.2, -0.15) is 0 Å². The Kier molecular flexibility index (Phi) is 15.0. The minimum atomic E-state index is -0.693.